The summed E-state index contributed by atoms with van der Waals surface area (Å²) in [6, 6.07) is 5.48. The number of carbonyl (C=O) groups excluding carboxylic acids is 2. The van der Waals surface area contributed by atoms with Crippen molar-refractivity contribution in [2.24, 2.45) is 4.99 Å². The molecule has 0 saturated carbocycles. The lowest BCUT2D eigenvalue weighted by atomic mass is 10.0. The number of carbonyl (C=O) groups is 1. The fourth-order valence-corrected chi connectivity index (χ4v) is 1.04. The Kier molecular flexibility index (Phi) is 3.26. The van der Waals surface area contributed by atoms with Crippen molar-refractivity contribution in [1.82, 2.24) is 0 Å². The van der Waals surface area contributed by atoms with Crippen LogP contribution in [-0.4, -0.2) is 12.0 Å². The van der Waals surface area contributed by atoms with Gasteiger partial charge in [0.15, 0.2) is 0 Å². The quantitative estimate of drug-likeness (QED) is 0.531. The summed E-state index contributed by atoms with van der Waals surface area (Å²) >= 11 is 0. The third kappa shape index (κ3) is 2.34. The summed E-state index contributed by atoms with van der Waals surface area (Å²) in [6.07, 6.45) is 1.18. The number of benzene rings is 1. The van der Waals surface area contributed by atoms with Crippen LogP contribution in [0.2, 0.25) is 0 Å². The zero-order valence-corrected chi connectivity index (χ0v) is 7.53. The van der Waals surface area contributed by atoms with Crippen LogP contribution in [0.3, 0.4) is 0 Å². The topological polar surface area (TPSA) is 46.5 Å². The molecule has 0 fully saturated rings. The Bertz CT molecular complexity index is 380. The van der Waals surface area contributed by atoms with Crippen molar-refractivity contribution in [1.29, 1.82) is 0 Å². The van der Waals surface area contributed by atoms with Crippen LogP contribution in [0, 0.1) is 5.82 Å². The minimum absolute atomic E-state index is 0.368. The molecular weight excluding hydrogens is 185 g/mol. The first-order chi connectivity index (χ1) is 6.65. The van der Waals surface area contributed by atoms with E-state index in [-0.39, 0.29) is 5.82 Å². The normalized spacial score (nSPS) is 11.6. The van der Waals surface area contributed by atoms with Crippen LogP contribution in [0.25, 0.3) is 0 Å². The van der Waals surface area contributed by atoms with Crippen LogP contribution in [0.5, 0.6) is 0 Å². The number of amides is 1. The van der Waals surface area contributed by atoms with Gasteiger partial charge in [0.25, 0.3) is 5.91 Å². The summed E-state index contributed by atoms with van der Waals surface area (Å²) < 4.78 is 12.5. The summed E-state index contributed by atoms with van der Waals surface area (Å²) in [4.78, 5) is 23.9. The molecule has 4 heteroatoms. The molecule has 0 spiro atoms. The van der Waals surface area contributed by atoms with E-state index < -0.39 is 11.8 Å². The van der Waals surface area contributed by atoms with E-state index in [4.69, 9.17) is 0 Å². The molecular formula is C10H8FNO2. The second-order valence-corrected chi connectivity index (χ2v) is 2.81. The Labute approximate surface area is 80.3 Å². The molecule has 0 aromatic heterocycles. The number of nitrogens with zero attached hydrogens (tertiary/aromatic N) is 1. The average Bonchev–Trinajstić information content (AvgIpc) is 2.18. The number of hydrogen-bond acceptors (Lipinski definition) is 2. The van der Waals surface area contributed by atoms with Gasteiger partial charge in [-0.05, 0) is 24.6 Å². The van der Waals surface area contributed by atoms with Gasteiger partial charge in [-0.1, -0.05) is 12.1 Å². The van der Waals surface area contributed by atoms with Crippen molar-refractivity contribution in [3.05, 3.63) is 35.6 Å². The first-order valence-corrected chi connectivity index (χ1v) is 4.02. The summed E-state index contributed by atoms with van der Waals surface area (Å²) in [5, 5.41) is 0. The van der Waals surface area contributed by atoms with E-state index >= 15 is 0 Å². The van der Waals surface area contributed by atoms with Gasteiger partial charge >= 0.3 is 0 Å². The van der Waals surface area contributed by atoms with Crippen molar-refractivity contribution in [3.63, 3.8) is 0 Å². The van der Waals surface area contributed by atoms with Crippen molar-refractivity contribution < 1.29 is 14.0 Å². The van der Waals surface area contributed by atoms with Gasteiger partial charge in [-0.3, -0.25) is 4.79 Å². The third-order valence-electron chi connectivity index (χ3n) is 1.90. The van der Waals surface area contributed by atoms with Gasteiger partial charge < -0.3 is 0 Å². The molecule has 0 aliphatic rings. The molecule has 0 bridgehead atoms. The molecule has 3 nitrogen and oxygen atoms in total. The molecule has 1 aromatic rings. The molecule has 0 radical (unpaired) electrons. The zero-order valence-electron chi connectivity index (χ0n) is 7.53. The molecule has 1 unspecified atom stereocenters. The lowest BCUT2D eigenvalue weighted by Gasteiger charge is -2.05. The Balaban J connectivity index is 2.89. The molecule has 0 N–H and O–H groups in total. The number of rotatable bonds is 2. The number of aliphatic imine (C=N–C) groups is 1. The van der Waals surface area contributed by atoms with Crippen LogP contribution in [-0.2, 0) is 9.59 Å². The van der Waals surface area contributed by atoms with Gasteiger partial charge in [0.2, 0.25) is 6.08 Å². The summed E-state index contributed by atoms with van der Waals surface area (Å²) in [5.74, 6) is -1.49. The highest BCUT2D eigenvalue weighted by Gasteiger charge is 2.13. The smallest absolute Gasteiger partial charge is 0.263 e. The zero-order chi connectivity index (χ0) is 10.6. The van der Waals surface area contributed by atoms with Crippen molar-refractivity contribution >= 4 is 12.0 Å². The van der Waals surface area contributed by atoms with Gasteiger partial charge in [0, 0.05) is 0 Å². The van der Waals surface area contributed by atoms with Gasteiger partial charge in [-0.25, -0.2) is 9.18 Å². The highest BCUT2D eigenvalue weighted by molar-refractivity contribution is 5.87. The highest BCUT2D eigenvalue weighted by Crippen LogP contribution is 2.16. The van der Waals surface area contributed by atoms with Crippen LogP contribution in [0.4, 0.5) is 4.39 Å². The van der Waals surface area contributed by atoms with Crippen LogP contribution in [0.15, 0.2) is 29.3 Å². The number of isocyanates is 1. The van der Waals surface area contributed by atoms with Gasteiger partial charge in [0.05, 0.1) is 5.92 Å². The lowest BCUT2D eigenvalue weighted by Crippen LogP contribution is -2.05. The van der Waals surface area contributed by atoms with Crippen LogP contribution >= 0.6 is 0 Å². The van der Waals surface area contributed by atoms with Gasteiger partial charge in [-0.2, -0.15) is 0 Å². The van der Waals surface area contributed by atoms with E-state index in [0.29, 0.717) is 5.56 Å². The molecule has 14 heavy (non-hydrogen) atoms. The first kappa shape index (κ1) is 10.3. The molecule has 0 heterocycles. The van der Waals surface area contributed by atoms with Crippen molar-refractivity contribution in [2.45, 2.75) is 12.8 Å². The first-order valence-electron chi connectivity index (χ1n) is 4.02. The van der Waals surface area contributed by atoms with E-state index in [1.165, 1.54) is 30.3 Å². The Morgan fingerprint density at radius 2 is 2.00 bits per heavy atom. The molecule has 0 saturated heterocycles. The maximum Gasteiger partial charge on any atom is 0.263 e. The SMILES string of the molecule is CC(C(=O)N=C=O)c1ccc(F)cc1. The van der Waals surface area contributed by atoms with Gasteiger partial charge in [-0.15, -0.1) is 4.99 Å². The van der Waals surface area contributed by atoms with E-state index in [9.17, 15) is 14.0 Å². The fourth-order valence-electron chi connectivity index (χ4n) is 1.04. The number of hydrogen-bond donors (Lipinski definition) is 0. The number of halogens is 1. The van der Waals surface area contributed by atoms with Crippen LogP contribution in [0.1, 0.15) is 18.4 Å². The van der Waals surface area contributed by atoms with Crippen LogP contribution < -0.4 is 0 Å². The van der Waals surface area contributed by atoms with Crippen molar-refractivity contribution in [3.8, 4) is 0 Å². The molecule has 1 amide bonds. The second kappa shape index (κ2) is 4.44. The molecule has 0 aliphatic carbocycles. The molecule has 1 atom stereocenters. The minimum atomic E-state index is -0.577. The maximum absolute atomic E-state index is 12.5. The minimum Gasteiger partial charge on any atom is -0.271 e. The average molecular weight is 193 g/mol. The largest absolute Gasteiger partial charge is 0.271 e. The summed E-state index contributed by atoms with van der Waals surface area (Å²) in [7, 11) is 0. The summed E-state index contributed by atoms with van der Waals surface area (Å²) in [5.41, 5.74) is 0.621. The Hall–Kier alpha value is -1.80. The van der Waals surface area contributed by atoms with E-state index in [1.807, 2.05) is 0 Å². The molecule has 72 valence electrons. The Morgan fingerprint density at radius 1 is 1.43 bits per heavy atom. The molecule has 1 rings (SSSR count). The monoisotopic (exact) mass is 193 g/mol. The van der Waals surface area contributed by atoms with E-state index in [1.54, 1.807) is 6.92 Å². The molecule has 1 aromatic carbocycles. The summed E-state index contributed by atoms with van der Waals surface area (Å²) in [6.45, 7) is 1.59. The standard InChI is InChI=1S/C10H8FNO2/c1-7(10(14)12-6-13)8-2-4-9(11)5-3-8/h2-5,7H,1H3. The lowest BCUT2D eigenvalue weighted by molar-refractivity contribution is -0.118. The van der Waals surface area contributed by atoms with Crippen molar-refractivity contribution in [2.75, 3.05) is 0 Å². The fraction of sp³-hybridized carbons (Fsp3) is 0.200. The Morgan fingerprint density at radius 3 is 2.50 bits per heavy atom. The molecule has 0 aliphatic heterocycles. The predicted octanol–water partition coefficient (Wildman–Crippen LogP) is 1.79. The maximum atomic E-state index is 12.5. The van der Waals surface area contributed by atoms with Gasteiger partial charge in [0.1, 0.15) is 5.82 Å². The highest BCUT2D eigenvalue weighted by atomic mass is 19.1. The third-order valence-corrected chi connectivity index (χ3v) is 1.90. The predicted molar refractivity (Wildman–Crippen MR) is 47.9 cm³/mol. The van der Waals surface area contributed by atoms with E-state index in [0.717, 1.165) is 0 Å². The van der Waals surface area contributed by atoms with E-state index in [2.05, 4.69) is 4.99 Å². The second-order valence-electron chi connectivity index (χ2n) is 2.81.